The predicted octanol–water partition coefficient (Wildman–Crippen LogP) is 4.26. The van der Waals surface area contributed by atoms with Crippen molar-refractivity contribution in [2.75, 3.05) is 11.9 Å². The number of nitrogens with one attached hydrogen (secondary N) is 2. The van der Waals surface area contributed by atoms with E-state index in [0.29, 0.717) is 16.3 Å². The molecule has 0 bridgehead atoms. The number of benzene rings is 3. The quantitative estimate of drug-likeness (QED) is 0.508. The fourth-order valence-electron chi connectivity index (χ4n) is 3.20. The summed E-state index contributed by atoms with van der Waals surface area (Å²) in [6.07, 6.45) is 0. The Bertz CT molecular complexity index is 1230. The molecule has 4 rings (SSSR count). The van der Waals surface area contributed by atoms with Crippen molar-refractivity contribution in [2.45, 2.75) is 0 Å². The Hall–Kier alpha value is -3.64. The van der Waals surface area contributed by atoms with Crippen LogP contribution in [0.25, 0.3) is 22.4 Å². The van der Waals surface area contributed by atoms with Crippen LogP contribution in [0.5, 0.6) is 0 Å². The van der Waals surface area contributed by atoms with Crippen LogP contribution in [0.1, 0.15) is 10.4 Å². The van der Waals surface area contributed by atoms with Crippen LogP contribution in [0.15, 0.2) is 72.8 Å². The molecule has 1 heterocycles. The van der Waals surface area contributed by atoms with Gasteiger partial charge in [-0.05, 0) is 54.6 Å². The summed E-state index contributed by atoms with van der Waals surface area (Å²) < 4.78 is 2.04. The Kier molecular flexibility index (Phi) is 5.50. The van der Waals surface area contributed by atoms with Crippen LogP contribution in [0, 0.1) is 0 Å². The van der Waals surface area contributed by atoms with Gasteiger partial charge in [-0.15, -0.1) is 0 Å². The van der Waals surface area contributed by atoms with Gasteiger partial charge in [0.2, 0.25) is 5.91 Å². The zero-order valence-corrected chi connectivity index (χ0v) is 17.0. The number of nitrogens with zero attached hydrogens (tertiary/aromatic N) is 2. The number of carbonyl (C=O) groups excluding carboxylic acids is 2. The monoisotopic (exact) mass is 418 g/mol. The lowest BCUT2D eigenvalue weighted by Gasteiger charge is -2.08. The normalized spacial score (nSPS) is 10.7. The Labute approximate surface area is 178 Å². The second-order valence-corrected chi connectivity index (χ2v) is 7.24. The summed E-state index contributed by atoms with van der Waals surface area (Å²) in [5.41, 5.74) is 3.98. The Balaban J connectivity index is 1.39. The van der Waals surface area contributed by atoms with E-state index in [9.17, 15) is 9.59 Å². The summed E-state index contributed by atoms with van der Waals surface area (Å²) in [4.78, 5) is 29.0. The van der Waals surface area contributed by atoms with E-state index in [4.69, 9.17) is 11.6 Å². The smallest absolute Gasteiger partial charge is 0.251 e. The Morgan fingerprint density at radius 3 is 2.50 bits per heavy atom. The zero-order valence-electron chi connectivity index (χ0n) is 16.2. The van der Waals surface area contributed by atoms with Crippen LogP contribution < -0.4 is 10.6 Å². The topological polar surface area (TPSA) is 76.0 Å². The molecule has 1 aromatic heterocycles. The van der Waals surface area contributed by atoms with Crippen molar-refractivity contribution < 1.29 is 9.59 Å². The minimum absolute atomic E-state index is 0.141. The minimum atomic E-state index is -0.357. The summed E-state index contributed by atoms with van der Waals surface area (Å²) in [6, 6.07) is 21.9. The van der Waals surface area contributed by atoms with E-state index in [1.807, 2.05) is 60.1 Å². The van der Waals surface area contributed by atoms with E-state index < -0.39 is 0 Å². The lowest BCUT2D eigenvalue weighted by atomic mass is 10.2. The molecule has 30 heavy (non-hydrogen) atoms. The highest BCUT2D eigenvalue weighted by Crippen LogP contribution is 2.24. The molecule has 0 spiro atoms. The standard InChI is InChI=1S/C23H19ClN4O2/c1-28-20-8-3-2-7-19(20)27-22(28)15-9-11-18(12-10-15)26-21(29)14-25-23(30)16-5-4-6-17(24)13-16/h2-13H,14H2,1H3,(H,25,30)(H,26,29). The number of hydrogen-bond donors (Lipinski definition) is 2. The maximum absolute atomic E-state index is 12.2. The number of hydrogen-bond acceptors (Lipinski definition) is 3. The van der Waals surface area contributed by atoms with Crippen molar-refractivity contribution in [3.05, 3.63) is 83.4 Å². The molecular weight excluding hydrogens is 400 g/mol. The van der Waals surface area contributed by atoms with Crippen LogP contribution >= 0.6 is 11.6 Å². The van der Waals surface area contributed by atoms with Gasteiger partial charge in [-0.2, -0.15) is 0 Å². The molecule has 0 aliphatic heterocycles. The molecule has 0 unspecified atom stereocenters. The third-order valence-corrected chi connectivity index (χ3v) is 4.95. The van der Waals surface area contributed by atoms with Crippen LogP contribution in [0.3, 0.4) is 0 Å². The van der Waals surface area contributed by atoms with Gasteiger partial charge in [0, 0.05) is 28.9 Å². The first-order valence-electron chi connectivity index (χ1n) is 9.37. The van der Waals surface area contributed by atoms with E-state index >= 15 is 0 Å². The van der Waals surface area contributed by atoms with Gasteiger partial charge in [-0.25, -0.2) is 4.98 Å². The van der Waals surface area contributed by atoms with Crippen LogP contribution in [-0.4, -0.2) is 27.9 Å². The molecule has 0 saturated carbocycles. The average Bonchev–Trinajstić information content (AvgIpc) is 3.09. The predicted molar refractivity (Wildman–Crippen MR) is 119 cm³/mol. The minimum Gasteiger partial charge on any atom is -0.343 e. The van der Waals surface area contributed by atoms with Crippen LogP contribution in [0.4, 0.5) is 5.69 Å². The molecule has 3 aromatic carbocycles. The first-order valence-corrected chi connectivity index (χ1v) is 9.74. The highest BCUT2D eigenvalue weighted by Gasteiger charge is 2.11. The summed E-state index contributed by atoms with van der Waals surface area (Å²) >= 11 is 5.88. The van der Waals surface area contributed by atoms with Crippen molar-refractivity contribution in [1.82, 2.24) is 14.9 Å². The summed E-state index contributed by atoms with van der Waals surface area (Å²) in [7, 11) is 1.98. The SMILES string of the molecule is Cn1c(-c2ccc(NC(=O)CNC(=O)c3cccc(Cl)c3)cc2)nc2ccccc21. The molecule has 0 atom stereocenters. The third kappa shape index (κ3) is 4.18. The number of halogens is 1. The number of rotatable bonds is 5. The number of anilines is 1. The summed E-state index contributed by atoms with van der Waals surface area (Å²) in [5, 5.41) is 5.82. The molecule has 2 N–H and O–H groups in total. The number of imidazole rings is 1. The molecular formula is C23H19ClN4O2. The molecule has 6 nitrogen and oxygen atoms in total. The van der Waals surface area contributed by atoms with Gasteiger partial charge < -0.3 is 15.2 Å². The molecule has 4 aromatic rings. The lowest BCUT2D eigenvalue weighted by molar-refractivity contribution is -0.115. The zero-order chi connectivity index (χ0) is 21.1. The molecule has 2 amide bonds. The van der Waals surface area contributed by atoms with Crippen LogP contribution in [-0.2, 0) is 11.8 Å². The van der Waals surface area contributed by atoms with Gasteiger partial charge in [-0.3, -0.25) is 9.59 Å². The van der Waals surface area contributed by atoms with Gasteiger partial charge >= 0.3 is 0 Å². The first kappa shape index (κ1) is 19.7. The molecule has 0 fully saturated rings. The van der Waals surface area contributed by atoms with Crippen molar-refractivity contribution in [3.63, 3.8) is 0 Å². The van der Waals surface area contributed by atoms with Gasteiger partial charge in [-0.1, -0.05) is 29.8 Å². The maximum Gasteiger partial charge on any atom is 0.251 e. The molecule has 0 aliphatic carbocycles. The highest BCUT2D eigenvalue weighted by molar-refractivity contribution is 6.31. The number of aromatic nitrogens is 2. The molecule has 150 valence electrons. The second kappa shape index (κ2) is 8.39. The van der Waals surface area contributed by atoms with E-state index in [2.05, 4.69) is 15.6 Å². The number of carbonyl (C=O) groups is 2. The van der Waals surface area contributed by atoms with Gasteiger partial charge in [0.1, 0.15) is 5.82 Å². The van der Waals surface area contributed by atoms with E-state index in [1.165, 1.54) is 0 Å². The molecule has 0 radical (unpaired) electrons. The largest absolute Gasteiger partial charge is 0.343 e. The first-order chi connectivity index (χ1) is 14.5. The van der Waals surface area contributed by atoms with Gasteiger partial charge in [0.15, 0.2) is 0 Å². The number of aryl methyl sites for hydroxylation is 1. The second-order valence-electron chi connectivity index (χ2n) is 6.80. The summed E-state index contributed by atoms with van der Waals surface area (Å²) in [6.45, 7) is -0.141. The lowest BCUT2D eigenvalue weighted by Crippen LogP contribution is -2.32. The van der Waals surface area contributed by atoms with Crippen molar-refractivity contribution in [3.8, 4) is 11.4 Å². The summed E-state index contributed by atoms with van der Waals surface area (Å²) in [5.74, 6) is 0.175. The van der Waals surface area contributed by atoms with E-state index in [1.54, 1.807) is 24.3 Å². The highest BCUT2D eigenvalue weighted by atomic mass is 35.5. The fourth-order valence-corrected chi connectivity index (χ4v) is 3.39. The third-order valence-electron chi connectivity index (χ3n) is 4.71. The van der Waals surface area contributed by atoms with Crippen molar-refractivity contribution in [1.29, 1.82) is 0 Å². The van der Waals surface area contributed by atoms with E-state index in [0.717, 1.165) is 22.4 Å². The van der Waals surface area contributed by atoms with Crippen molar-refractivity contribution >= 4 is 40.1 Å². The average molecular weight is 419 g/mol. The number of para-hydroxylation sites is 2. The van der Waals surface area contributed by atoms with E-state index in [-0.39, 0.29) is 18.4 Å². The van der Waals surface area contributed by atoms with Gasteiger partial charge in [0.05, 0.1) is 17.6 Å². The molecule has 7 heteroatoms. The van der Waals surface area contributed by atoms with Crippen molar-refractivity contribution in [2.24, 2.45) is 7.05 Å². The molecule has 0 aliphatic rings. The fraction of sp³-hybridized carbons (Fsp3) is 0.0870. The molecule has 0 saturated heterocycles. The Morgan fingerprint density at radius 2 is 1.77 bits per heavy atom. The number of fused-ring (bicyclic) bond motifs is 1. The van der Waals surface area contributed by atoms with Crippen LogP contribution in [0.2, 0.25) is 5.02 Å². The Morgan fingerprint density at radius 1 is 1.00 bits per heavy atom. The maximum atomic E-state index is 12.2. The van der Waals surface area contributed by atoms with Gasteiger partial charge in [0.25, 0.3) is 5.91 Å². The number of amides is 2.